The SMILES string of the molecule is CCCNC(c1cc(Cl)cc2c1OCC2)C(F)(F)C(F)F. The van der Waals surface area contributed by atoms with Crippen LogP contribution in [0.1, 0.15) is 30.5 Å². The van der Waals surface area contributed by atoms with E-state index in [4.69, 9.17) is 16.3 Å². The van der Waals surface area contributed by atoms with Crippen LogP contribution in [0.3, 0.4) is 0 Å². The molecule has 1 aliphatic rings. The van der Waals surface area contributed by atoms with Crippen LogP contribution in [0.4, 0.5) is 17.6 Å². The number of alkyl halides is 4. The van der Waals surface area contributed by atoms with Gasteiger partial charge in [0.25, 0.3) is 0 Å². The summed E-state index contributed by atoms with van der Waals surface area (Å²) in [5.41, 5.74) is 0.666. The minimum atomic E-state index is -4.21. The number of benzene rings is 1. The van der Waals surface area contributed by atoms with Gasteiger partial charge in [0.05, 0.1) is 6.61 Å². The molecule has 0 amide bonds. The molecule has 21 heavy (non-hydrogen) atoms. The minimum absolute atomic E-state index is 0.00579. The Morgan fingerprint density at radius 1 is 1.38 bits per heavy atom. The van der Waals surface area contributed by atoms with Gasteiger partial charge < -0.3 is 10.1 Å². The first-order valence-corrected chi connectivity index (χ1v) is 7.10. The lowest BCUT2D eigenvalue weighted by molar-refractivity contribution is -0.151. The van der Waals surface area contributed by atoms with Gasteiger partial charge >= 0.3 is 12.3 Å². The summed E-state index contributed by atoms with van der Waals surface area (Å²) in [5.74, 6) is -3.96. The van der Waals surface area contributed by atoms with Crippen LogP contribution in [0.5, 0.6) is 5.75 Å². The number of nitrogens with one attached hydrogen (secondary N) is 1. The summed E-state index contributed by atoms with van der Waals surface area (Å²) in [7, 11) is 0. The molecule has 0 saturated carbocycles. The zero-order valence-corrected chi connectivity index (χ0v) is 12.2. The Morgan fingerprint density at radius 3 is 2.71 bits per heavy atom. The molecule has 0 radical (unpaired) electrons. The average Bonchev–Trinajstić information content (AvgIpc) is 2.86. The predicted octanol–water partition coefficient (Wildman–Crippen LogP) is 4.22. The van der Waals surface area contributed by atoms with Crippen LogP contribution in [0, 0.1) is 0 Å². The second kappa shape index (κ2) is 6.40. The summed E-state index contributed by atoms with van der Waals surface area (Å²) in [5, 5.41) is 2.73. The molecule has 0 saturated heterocycles. The molecule has 0 spiro atoms. The number of halogens is 5. The molecular weight excluding hydrogens is 310 g/mol. The van der Waals surface area contributed by atoms with E-state index in [0.29, 0.717) is 25.0 Å². The molecule has 2 nitrogen and oxygen atoms in total. The van der Waals surface area contributed by atoms with Gasteiger partial charge in [-0.1, -0.05) is 18.5 Å². The maximum absolute atomic E-state index is 13.9. The molecule has 1 aromatic rings. The van der Waals surface area contributed by atoms with Crippen molar-refractivity contribution in [1.29, 1.82) is 0 Å². The van der Waals surface area contributed by atoms with Gasteiger partial charge in [0.15, 0.2) is 0 Å². The van der Waals surface area contributed by atoms with E-state index in [1.807, 2.05) is 0 Å². The van der Waals surface area contributed by atoms with Crippen molar-refractivity contribution in [2.24, 2.45) is 0 Å². The molecule has 1 unspecified atom stereocenters. The number of hydrogen-bond donors (Lipinski definition) is 1. The van der Waals surface area contributed by atoms with Gasteiger partial charge in [0.2, 0.25) is 0 Å². The molecule has 1 N–H and O–H groups in total. The van der Waals surface area contributed by atoms with E-state index < -0.39 is 18.4 Å². The third-order valence-corrected chi connectivity index (χ3v) is 3.58. The van der Waals surface area contributed by atoms with Crippen LogP contribution >= 0.6 is 11.6 Å². The van der Waals surface area contributed by atoms with E-state index in [-0.39, 0.29) is 22.9 Å². The highest BCUT2D eigenvalue weighted by Crippen LogP contribution is 2.44. The third kappa shape index (κ3) is 3.26. The molecule has 1 atom stereocenters. The maximum atomic E-state index is 13.9. The van der Waals surface area contributed by atoms with Crippen LogP contribution in [0.2, 0.25) is 5.02 Å². The molecule has 7 heteroatoms. The molecule has 0 aromatic heterocycles. The summed E-state index contributed by atoms with van der Waals surface area (Å²) < 4.78 is 58.7. The fourth-order valence-corrected chi connectivity index (χ4v) is 2.63. The second-order valence-corrected chi connectivity index (χ2v) is 5.38. The summed E-state index contributed by atoms with van der Waals surface area (Å²) in [6, 6.07) is 1.06. The quantitative estimate of drug-likeness (QED) is 0.791. The van der Waals surface area contributed by atoms with E-state index in [0.717, 1.165) is 0 Å². The molecule has 0 bridgehead atoms. The Morgan fingerprint density at radius 2 is 2.10 bits per heavy atom. The molecule has 1 heterocycles. The van der Waals surface area contributed by atoms with Gasteiger partial charge in [0, 0.05) is 17.0 Å². The van der Waals surface area contributed by atoms with Gasteiger partial charge in [-0.25, -0.2) is 8.78 Å². The van der Waals surface area contributed by atoms with E-state index in [2.05, 4.69) is 5.32 Å². The topological polar surface area (TPSA) is 21.3 Å². The first kappa shape index (κ1) is 16.4. The lowest BCUT2D eigenvalue weighted by Gasteiger charge is -2.28. The predicted molar refractivity (Wildman–Crippen MR) is 72.6 cm³/mol. The zero-order valence-electron chi connectivity index (χ0n) is 11.4. The highest BCUT2D eigenvalue weighted by molar-refractivity contribution is 6.30. The Labute approximate surface area is 125 Å². The van der Waals surface area contributed by atoms with Crippen LogP contribution in [-0.4, -0.2) is 25.5 Å². The van der Waals surface area contributed by atoms with Crippen LogP contribution < -0.4 is 10.1 Å². The van der Waals surface area contributed by atoms with Gasteiger partial charge in [-0.2, -0.15) is 8.78 Å². The molecular formula is C14H16ClF4NO. The highest BCUT2D eigenvalue weighted by Gasteiger charge is 2.50. The van der Waals surface area contributed by atoms with Crippen LogP contribution in [0.25, 0.3) is 0 Å². The third-order valence-electron chi connectivity index (χ3n) is 3.36. The number of hydrogen-bond acceptors (Lipinski definition) is 2. The maximum Gasteiger partial charge on any atom is 0.326 e. The van der Waals surface area contributed by atoms with E-state index in [9.17, 15) is 17.6 Å². The van der Waals surface area contributed by atoms with Crippen LogP contribution in [-0.2, 0) is 6.42 Å². The lowest BCUT2D eigenvalue weighted by atomic mass is 9.96. The summed E-state index contributed by atoms with van der Waals surface area (Å²) in [6.45, 7) is 2.29. The van der Waals surface area contributed by atoms with Crippen molar-refractivity contribution in [3.05, 3.63) is 28.3 Å². The average molecular weight is 326 g/mol. The van der Waals surface area contributed by atoms with Gasteiger partial charge in [0.1, 0.15) is 11.8 Å². The van der Waals surface area contributed by atoms with Crippen molar-refractivity contribution in [2.45, 2.75) is 38.2 Å². The Hall–Kier alpha value is -1.01. The molecule has 0 aliphatic carbocycles. The van der Waals surface area contributed by atoms with E-state index >= 15 is 0 Å². The largest absolute Gasteiger partial charge is 0.493 e. The minimum Gasteiger partial charge on any atom is -0.493 e. The van der Waals surface area contributed by atoms with Crippen molar-refractivity contribution in [1.82, 2.24) is 5.32 Å². The first-order valence-electron chi connectivity index (χ1n) is 6.72. The summed E-state index contributed by atoms with van der Waals surface area (Å²) >= 11 is 5.92. The van der Waals surface area contributed by atoms with Gasteiger partial charge in [-0.3, -0.25) is 0 Å². The normalized spacial score (nSPS) is 16.0. The Kier molecular flexibility index (Phi) is 4.99. The van der Waals surface area contributed by atoms with Crippen LogP contribution in [0.15, 0.2) is 12.1 Å². The Balaban J connectivity index is 2.46. The van der Waals surface area contributed by atoms with E-state index in [1.54, 1.807) is 13.0 Å². The van der Waals surface area contributed by atoms with Crippen molar-refractivity contribution in [2.75, 3.05) is 13.2 Å². The zero-order chi connectivity index (χ0) is 15.6. The van der Waals surface area contributed by atoms with E-state index in [1.165, 1.54) is 6.07 Å². The monoisotopic (exact) mass is 325 g/mol. The molecule has 118 valence electrons. The molecule has 1 aliphatic heterocycles. The van der Waals surface area contributed by atoms with Gasteiger partial charge in [-0.15, -0.1) is 0 Å². The van der Waals surface area contributed by atoms with Crippen molar-refractivity contribution in [3.63, 3.8) is 0 Å². The molecule has 1 aromatic carbocycles. The van der Waals surface area contributed by atoms with Crippen molar-refractivity contribution < 1.29 is 22.3 Å². The fourth-order valence-electron chi connectivity index (χ4n) is 2.38. The summed E-state index contributed by atoms with van der Waals surface area (Å²) in [6.07, 6.45) is -2.70. The molecule has 0 fully saturated rings. The lowest BCUT2D eigenvalue weighted by Crippen LogP contribution is -2.43. The van der Waals surface area contributed by atoms with Gasteiger partial charge in [-0.05, 0) is 30.7 Å². The first-order chi connectivity index (χ1) is 9.87. The Bertz CT molecular complexity index is 510. The molecule has 2 rings (SSSR count). The number of rotatable bonds is 6. The van der Waals surface area contributed by atoms with Crippen molar-refractivity contribution >= 4 is 11.6 Å². The smallest absolute Gasteiger partial charge is 0.326 e. The highest BCUT2D eigenvalue weighted by atomic mass is 35.5. The van der Waals surface area contributed by atoms with Crippen molar-refractivity contribution in [3.8, 4) is 5.75 Å². The number of ether oxygens (including phenoxy) is 1. The summed E-state index contributed by atoms with van der Waals surface area (Å²) in [4.78, 5) is 0. The standard InChI is InChI=1S/C14H16ClF4NO/c1-2-4-20-12(14(18,19)13(16)17)10-7-9(15)6-8-3-5-21-11(8)10/h6-7,12-13,20H,2-5H2,1H3. The second-order valence-electron chi connectivity index (χ2n) is 4.94. The fraction of sp³-hybridized carbons (Fsp3) is 0.571. The number of fused-ring (bicyclic) bond motifs is 1.